The van der Waals surface area contributed by atoms with Gasteiger partial charge in [-0.2, -0.15) is 0 Å². The van der Waals surface area contributed by atoms with Gasteiger partial charge in [-0.15, -0.1) is 0 Å². The van der Waals surface area contributed by atoms with Crippen LogP contribution in [0.1, 0.15) is 29.8 Å². The summed E-state index contributed by atoms with van der Waals surface area (Å²) in [5.74, 6) is -1.92. The van der Waals surface area contributed by atoms with Crippen molar-refractivity contribution in [1.29, 1.82) is 0 Å². The zero-order valence-corrected chi connectivity index (χ0v) is 15.1. The predicted octanol–water partition coefficient (Wildman–Crippen LogP) is 2.43. The summed E-state index contributed by atoms with van der Waals surface area (Å²) in [5, 5.41) is 13.9. The van der Waals surface area contributed by atoms with E-state index in [4.69, 9.17) is 9.84 Å². The van der Waals surface area contributed by atoms with Crippen molar-refractivity contribution in [3.63, 3.8) is 0 Å². The van der Waals surface area contributed by atoms with E-state index in [9.17, 15) is 14.4 Å². The van der Waals surface area contributed by atoms with Crippen molar-refractivity contribution in [1.82, 2.24) is 5.32 Å². The summed E-state index contributed by atoms with van der Waals surface area (Å²) < 4.78 is 5.56. The number of hydrogen-bond acceptors (Lipinski definition) is 4. The fraction of sp³-hybridized carbons (Fsp3) is 0.250. The number of carboxylic acids is 1. The summed E-state index contributed by atoms with van der Waals surface area (Å²) >= 11 is 0. The van der Waals surface area contributed by atoms with E-state index in [1.807, 2.05) is 30.3 Å². The van der Waals surface area contributed by atoms with Crippen LogP contribution in [0.4, 0.5) is 5.69 Å². The number of carbonyl (C=O) groups is 3. The van der Waals surface area contributed by atoms with Gasteiger partial charge in [-0.05, 0) is 43.7 Å². The van der Waals surface area contributed by atoms with E-state index in [2.05, 4.69) is 10.6 Å². The molecule has 2 aromatic carbocycles. The normalized spacial score (nSPS) is 12.7. The van der Waals surface area contributed by atoms with Crippen molar-refractivity contribution < 1.29 is 24.2 Å². The molecule has 0 aliphatic heterocycles. The Hall–Kier alpha value is -3.19. The highest BCUT2D eigenvalue weighted by Gasteiger charge is 2.16. The van der Waals surface area contributed by atoms with Crippen LogP contribution in [0.3, 0.4) is 0 Å². The molecule has 3 N–H and O–H groups in total. The molecule has 2 atom stereocenters. The highest BCUT2D eigenvalue weighted by molar-refractivity contribution is 5.98. The first-order valence-corrected chi connectivity index (χ1v) is 8.47. The SMILES string of the molecule is CC(NC(=O)c1ccc(NC(=O)C(C)OCc2ccccc2)cc1)C(=O)O. The van der Waals surface area contributed by atoms with Crippen LogP contribution in [-0.4, -0.2) is 35.0 Å². The average Bonchev–Trinajstić information content (AvgIpc) is 2.67. The van der Waals surface area contributed by atoms with Crippen LogP contribution in [-0.2, 0) is 20.9 Å². The number of benzene rings is 2. The van der Waals surface area contributed by atoms with E-state index in [0.29, 0.717) is 17.9 Å². The zero-order chi connectivity index (χ0) is 19.8. The van der Waals surface area contributed by atoms with Crippen molar-refractivity contribution in [3.8, 4) is 0 Å². The van der Waals surface area contributed by atoms with E-state index in [1.165, 1.54) is 19.1 Å². The Balaban J connectivity index is 1.86. The van der Waals surface area contributed by atoms with Crippen LogP contribution in [0.5, 0.6) is 0 Å². The maximum absolute atomic E-state index is 12.2. The summed E-state index contributed by atoms with van der Waals surface area (Å²) in [6, 6.07) is 14.7. The highest BCUT2D eigenvalue weighted by atomic mass is 16.5. The minimum absolute atomic E-state index is 0.300. The van der Waals surface area contributed by atoms with Crippen LogP contribution in [0.2, 0.25) is 0 Å². The number of nitrogens with one attached hydrogen (secondary N) is 2. The Morgan fingerprint density at radius 2 is 1.63 bits per heavy atom. The van der Waals surface area contributed by atoms with E-state index in [0.717, 1.165) is 5.56 Å². The molecule has 2 amide bonds. The third kappa shape index (κ3) is 6.23. The Morgan fingerprint density at radius 3 is 2.22 bits per heavy atom. The first-order valence-electron chi connectivity index (χ1n) is 8.47. The van der Waals surface area contributed by atoms with Crippen LogP contribution in [0.15, 0.2) is 54.6 Å². The lowest BCUT2D eigenvalue weighted by atomic mass is 10.1. The van der Waals surface area contributed by atoms with Crippen LogP contribution < -0.4 is 10.6 Å². The monoisotopic (exact) mass is 370 g/mol. The second-order valence-corrected chi connectivity index (χ2v) is 6.04. The molecule has 2 aromatic rings. The number of amides is 2. The van der Waals surface area contributed by atoms with Crippen LogP contribution >= 0.6 is 0 Å². The molecule has 0 aliphatic rings. The van der Waals surface area contributed by atoms with Crippen molar-refractivity contribution >= 4 is 23.5 Å². The summed E-state index contributed by atoms with van der Waals surface area (Å²) in [4.78, 5) is 34.9. The van der Waals surface area contributed by atoms with Gasteiger partial charge >= 0.3 is 5.97 Å². The predicted molar refractivity (Wildman–Crippen MR) is 100 cm³/mol. The molecule has 0 aliphatic carbocycles. The number of carbonyl (C=O) groups excluding carboxylic acids is 2. The lowest BCUT2D eigenvalue weighted by Crippen LogP contribution is -2.38. The van der Waals surface area contributed by atoms with Gasteiger partial charge in [0.2, 0.25) is 0 Å². The fourth-order valence-corrected chi connectivity index (χ4v) is 2.16. The molecule has 7 nitrogen and oxygen atoms in total. The van der Waals surface area contributed by atoms with Gasteiger partial charge in [0.15, 0.2) is 0 Å². The number of carboxylic acid groups (broad SMARTS) is 1. The molecule has 142 valence electrons. The minimum atomic E-state index is -1.11. The minimum Gasteiger partial charge on any atom is -0.480 e. The molecule has 0 saturated carbocycles. The first-order chi connectivity index (χ1) is 12.9. The molecular formula is C20H22N2O5. The topological polar surface area (TPSA) is 105 Å². The van der Waals surface area contributed by atoms with Gasteiger partial charge in [0.05, 0.1) is 6.61 Å². The quantitative estimate of drug-likeness (QED) is 0.662. The van der Waals surface area contributed by atoms with Gasteiger partial charge in [0.1, 0.15) is 12.1 Å². The Kier molecular flexibility index (Phi) is 7.08. The first kappa shape index (κ1) is 20.1. The largest absolute Gasteiger partial charge is 0.480 e. The molecule has 0 radical (unpaired) electrons. The Bertz CT molecular complexity index is 790. The standard InChI is InChI=1S/C20H22N2O5/c1-13(20(25)26)21-19(24)16-8-10-17(11-9-16)22-18(23)14(2)27-12-15-6-4-3-5-7-15/h3-11,13-14H,12H2,1-2H3,(H,21,24)(H,22,23)(H,25,26). The highest BCUT2D eigenvalue weighted by Crippen LogP contribution is 2.11. The molecule has 0 saturated heterocycles. The van der Waals surface area contributed by atoms with Crippen molar-refractivity contribution in [3.05, 3.63) is 65.7 Å². The maximum atomic E-state index is 12.2. The Labute approximate surface area is 157 Å². The van der Waals surface area contributed by atoms with Gasteiger partial charge in [-0.25, -0.2) is 0 Å². The van der Waals surface area contributed by atoms with Crippen molar-refractivity contribution in [2.24, 2.45) is 0 Å². The van der Waals surface area contributed by atoms with E-state index >= 15 is 0 Å². The fourth-order valence-electron chi connectivity index (χ4n) is 2.16. The second-order valence-electron chi connectivity index (χ2n) is 6.04. The lowest BCUT2D eigenvalue weighted by molar-refractivity contribution is -0.138. The number of ether oxygens (including phenoxy) is 1. The second kappa shape index (κ2) is 9.49. The van der Waals surface area contributed by atoms with E-state index in [1.54, 1.807) is 19.1 Å². The number of rotatable bonds is 8. The molecule has 0 aromatic heterocycles. The Morgan fingerprint density at radius 1 is 1.00 bits per heavy atom. The molecule has 7 heteroatoms. The van der Waals surface area contributed by atoms with Gasteiger partial charge in [-0.1, -0.05) is 30.3 Å². The molecule has 2 unspecified atom stereocenters. The van der Waals surface area contributed by atoms with Crippen molar-refractivity contribution in [2.45, 2.75) is 32.6 Å². The molecule has 0 fully saturated rings. The van der Waals surface area contributed by atoms with Crippen LogP contribution in [0, 0.1) is 0 Å². The molecule has 0 spiro atoms. The number of hydrogen-bond donors (Lipinski definition) is 3. The zero-order valence-electron chi connectivity index (χ0n) is 15.1. The van der Waals surface area contributed by atoms with E-state index in [-0.39, 0.29) is 5.91 Å². The number of anilines is 1. The molecule has 0 bridgehead atoms. The molecular weight excluding hydrogens is 348 g/mol. The molecule has 27 heavy (non-hydrogen) atoms. The third-order valence-electron chi connectivity index (χ3n) is 3.84. The van der Waals surface area contributed by atoms with E-state index < -0.39 is 24.0 Å². The molecule has 0 heterocycles. The van der Waals surface area contributed by atoms with Crippen molar-refractivity contribution in [2.75, 3.05) is 5.32 Å². The van der Waals surface area contributed by atoms with Gasteiger partial charge in [-0.3, -0.25) is 14.4 Å². The smallest absolute Gasteiger partial charge is 0.325 e. The third-order valence-corrected chi connectivity index (χ3v) is 3.84. The maximum Gasteiger partial charge on any atom is 0.325 e. The van der Waals surface area contributed by atoms with Gasteiger partial charge in [0.25, 0.3) is 11.8 Å². The van der Waals surface area contributed by atoms with Crippen LogP contribution in [0.25, 0.3) is 0 Å². The summed E-state index contributed by atoms with van der Waals surface area (Å²) in [6.07, 6.45) is -0.649. The number of aliphatic carboxylic acids is 1. The van der Waals surface area contributed by atoms with Gasteiger partial charge in [0, 0.05) is 11.3 Å². The summed E-state index contributed by atoms with van der Waals surface area (Å²) in [5.41, 5.74) is 1.79. The summed E-state index contributed by atoms with van der Waals surface area (Å²) in [7, 11) is 0. The van der Waals surface area contributed by atoms with Gasteiger partial charge < -0.3 is 20.5 Å². The summed E-state index contributed by atoms with van der Waals surface area (Å²) in [6.45, 7) is 3.37. The molecule has 2 rings (SSSR count). The lowest BCUT2D eigenvalue weighted by Gasteiger charge is -2.14. The average molecular weight is 370 g/mol.